The second-order valence-corrected chi connectivity index (χ2v) is 23.6. The molecule has 2 rings (SSSR count). The third-order valence-electron chi connectivity index (χ3n) is 15.9. The number of allylic oxidation sites excluding steroid dienone is 6. The van der Waals surface area contributed by atoms with Crippen LogP contribution < -0.4 is 11.1 Å². The first kappa shape index (κ1) is 71.6. The lowest BCUT2D eigenvalue weighted by molar-refractivity contribution is -0.333. The van der Waals surface area contributed by atoms with E-state index in [1.165, 1.54) is 0 Å². The molecule has 456 valence electrons. The molecule has 18 heteroatoms. The molecule has 0 radical (unpaired) electrons. The number of fused-ring (bicyclic) bond motifs is 2. The van der Waals surface area contributed by atoms with Gasteiger partial charge in [0.25, 0.3) is 0 Å². The topological polar surface area (TPSA) is 315 Å². The van der Waals surface area contributed by atoms with Crippen molar-refractivity contribution >= 4 is 17.9 Å². The zero-order valence-corrected chi connectivity index (χ0v) is 49.5. The standard InChI is InChI=1S/C61H107N3O15/c1-38(2)21-16-17-27-56(73)77-48-32-46(65)31-47(66)33-51(68)39(3)23-19-25-43(7)57(42(6)22-15-13-11-12-14-18-30-64-60(62)63-10)78-59(75)44(8)26-20-24-40(4)52(69)36-53(70)45(9)50(67)29-28-41(5)55(72)37-61(76)58(74)54(71)35-49(34-48)79-61/h11-12,19-20,23-26,38,40-43,45-55,57-58,65-72,74,76H,13-18,21-22,27-37H2,1-10H3,(H3,62,63,64)/t40?,41-,42-,43?,45?,46+,47+,48-,49-,50?,51-,52?,53?,54+,55-,57-,58-,61+/m0/s1. The summed E-state index contributed by atoms with van der Waals surface area (Å²) < 4.78 is 18.2. The van der Waals surface area contributed by atoms with Crippen molar-refractivity contribution in [2.45, 2.75) is 257 Å². The molecular weight excluding hydrogens is 1010 g/mol. The van der Waals surface area contributed by atoms with E-state index in [9.17, 15) is 60.7 Å². The van der Waals surface area contributed by atoms with E-state index in [2.05, 4.69) is 43.2 Å². The van der Waals surface area contributed by atoms with Crippen molar-refractivity contribution in [2.24, 2.45) is 46.2 Å². The highest BCUT2D eigenvalue weighted by atomic mass is 16.7. The highest BCUT2D eigenvalue weighted by molar-refractivity contribution is 5.88. The summed E-state index contributed by atoms with van der Waals surface area (Å²) in [5.74, 6) is -4.55. The summed E-state index contributed by atoms with van der Waals surface area (Å²) in [5, 5.41) is 115. The van der Waals surface area contributed by atoms with Crippen LogP contribution in [-0.2, 0) is 23.8 Å². The summed E-state index contributed by atoms with van der Waals surface area (Å²) in [6.07, 6.45) is 6.83. The molecule has 2 bridgehead atoms. The number of hydrogen-bond acceptors (Lipinski definition) is 16. The van der Waals surface area contributed by atoms with Gasteiger partial charge in [-0.1, -0.05) is 110 Å². The lowest BCUT2D eigenvalue weighted by atomic mass is 9.84. The molecule has 6 unspecified atom stereocenters. The van der Waals surface area contributed by atoms with E-state index < -0.39 is 115 Å². The van der Waals surface area contributed by atoms with Crippen LogP contribution >= 0.6 is 0 Å². The Morgan fingerprint density at radius 2 is 1.42 bits per heavy atom. The number of unbranched alkanes of at least 4 members (excludes halogenated alkanes) is 3. The van der Waals surface area contributed by atoms with E-state index in [1.54, 1.807) is 72.0 Å². The molecule has 1 fully saturated rings. The molecule has 0 spiro atoms. The summed E-state index contributed by atoms with van der Waals surface area (Å²) in [4.78, 5) is 30.8. The third-order valence-corrected chi connectivity index (χ3v) is 15.9. The maximum absolute atomic E-state index is 13.7. The van der Waals surface area contributed by atoms with Crippen molar-refractivity contribution in [3.05, 3.63) is 59.8 Å². The van der Waals surface area contributed by atoms with Crippen LogP contribution in [0.3, 0.4) is 0 Å². The molecular formula is C61H107N3O15. The molecule has 0 amide bonds. The summed E-state index contributed by atoms with van der Waals surface area (Å²) >= 11 is 0. The zero-order valence-electron chi connectivity index (χ0n) is 49.5. The summed E-state index contributed by atoms with van der Waals surface area (Å²) in [7, 11) is 1.63. The van der Waals surface area contributed by atoms with Crippen LogP contribution in [-0.4, -0.2) is 162 Å². The number of carbonyl (C=O) groups is 2. The van der Waals surface area contributed by atoms with Crippen LogP contribution in [0, 0.1) is 35.5 Å². The van der Waals surface area contributed by atoms with E-state index in [-0.39, 0.29) is 69.6 Å². The van der Waals surface area contributed by atoms with Gasteiger partial charge < -0.3 is 76.3 Å². The van der Waals surface area contributed by atoms with E-state index in [0.29, 0.717) is 29.4 Å². The van der Waals surface area contributed by atoms with E-state index in [4.69, 9.17) is 19.9 Å². The van der Waals surface area contributed by atoms with Gasteiger partial charge in [-0.2, -0.15) is 0 Å². The van der Waals surface area contributed by atoms with Crippen molar-refractivity contribution in [1.29, 1.82) is 0 Å². The van der Waals surface area contributed by atoms with Crippen LogP contribution in [0.25, 0.3) is 0 Å². The molecule has 2 aliphatic heterocycles. The SMILES string of the molecule is CN=C(N)NCCCC=CCCC[C@H](C)[C@@H]1OC(=O)C(C)=CC=CC(C)C(O)CC(O)C(C)C(O)CC[C@H](C)[C@@H](O)C[C@@]2(O)O[C@@H](C[C@@H](OC(=O)CCCCC(C)C)C[C@H](O)C[C@@H](O)C[C@H](O)C(C)=CC=CC1C)C[C@@H](O)[C@@H]2O. The summed E-state index contributed by atoms with van der Waals surface area (Å²) in [5.41, 5.74) is 6.59. The first-order chi connectivity index (χ1) is 37.2. The minimum atomic E-state index is -2.43. The Kier molecular flexibility index (Phi) is 34.0. The molecule has 0 aliphatic carbocycles. The number of nitrogens with one attached hydrogen (secondary N) is 1. The van der Waals surface area contributed by atoms with E-state index >= 15 is 0 Å². The fourth-order valence-corrected chi connectivity index (χ4v) is 10.2. The molecule has 13 N–H and O–H groups in total. The minimum Gasteiger partial charge on any atom is -0.462 e. The van der Waals surface area contributed by atoms with Crippen molar-refractivity contribution < 1.29 is 74.9 Å². The largest absolute Gasteiger partial charge is 0.462 e. The predicted octanol–water partition coefficient (Wildman–Crippen LogP) is 6.11. The van der Waals surface area contributed by atoms with E-state index in [1.807, 2.05) is 13.0 Å². The van der Waals surface area contributed by atoms with Gasteiger partial charge in [0.05, 0.1) is 54.9 Å². The van der Waals surface area contributed by atoms with Crippen LogP contribution in [0.2, 0.25) is 0 Å². The molecule has 2 heterocycles. The van der Waals surface area contributed by atoms with E-state index in [0.717, 1.165) is 51.5 Å². The summed E-state index contributed by atoms with van der Waals surface area (Å²) in [6, 6.07) is 0. The van der Waals surface area contributed by atoms with Crippen molar-refractivity contribution in [1.82, 2.24) is 5.32 Å². The number of aliphatic hydroxyl groups is 10. The minimum absolute atomic E-state index is 0.0388. The monoisotopic (exact) mass is 1120 g/mol. The number of cyclic esters (lactones) is 1. The third kappa shape index (κ3) is 27.9. The molecule has 2 aliphatic rings. The van der Waals surface area contributed by atoms with Gasteiger partial charge in [-0.25, -0.2) is 4.79 Å². The Hall–Kier alpha value is -3.53. The number of hydrogen-bond donors (Lipinski definition) is 12. The van der Waals surface area contributed by atoms with Gasteiger partial charge >= 0.3 is 11.9 Å². The molecule has 18 nitrogen and oxygen atoms in total. The van der Waals surface area contributed by atoms with Gasteiger partial charge in [0.2, 0.25) is 0 Å². The average molecular weight is 1120 g/mol. The number of nitrogens with zero attached hydrogens (tertiary/aromatic N) is 1. The summed E-state index contributed by atoms with van der Waals surface area (Å²) in [6.45, 7) is 17.4. The van der Waals surface area contributed by atoms with Gasteiger partial charge in [-0.3, -0.25) is 9.79 Å². The Morgan fingerprint density at radius 3 is 2.09 bits per heavy atom. The normalized spacial score (nSPS) is 35.0. The molecule has 18 atom stereocenters. The zero-order chi connectivity index (χ0) is 59.4. The van der Waals surface area contributed by atoms with Gasteiger partial charge in [0, 0.05) is 81.9 Å². The number of aliphatic hydroxyl groups excluding tert-OH is 9. The Balaban J connectivity index is 2.44. The lowest BCUT2D eigenvalue weighted by Gasteiger charge is -2.45. The fourth-order valence-electron chi connectivity index (χ4n) is 10.2. The van der Waals surface area contributed by atoms with Crippen LogP contribution in [0.1, 0.15) is 178 Å². The van der Waals surface area contributed by atoms with Crippen LogP contribution in [0.4, 0.5) is 0 Å². The molecule has 79 heavy (non-hydrogen) atoms. The first-order valence-corrected chi connectivity index (χ1v) is 29.4. The predicted molar refractivity (Wildman–Crippen MR) is 308 cm³/mol. The van der Waals surface area contributed by atoms with Crippen LogP contribution in [0.5, 0.6) is 0 Å². The second kappa shape index (κ2) is 37.5. The molecule has 0 saturated carbocycles. The van der Waals surface area contributed by atoms with Gasteiger partial charge in [-0.05, 0) is 95.0 Å². The Morgan fingerprint density at radius 1 is 0.772 bits per heavy atom. The lowest BCUT2D eigenvalue weighted by Crippen LogP contribution is -2.60. The maximum atomic E-state index is 13.7. The molecule has 0 aromatic carbocycles. The number of rotatable bonds is 15. The average Bonchev–Trinajstić information content (AvgIpc) is 3.38. The van der Waals surface area contributed by atoms with Gasteiger partial charge in [0.1, 0.15) is 18.3 Å². The van der Waals surface area contributed by atoms with Crippen molar-refractivity contribution in [3.8, 4) is 0 Å². The number of carbonyl (C=O) groups excluding carboxylic acids is 2. The molecule has 1 saturated heterocycles. The van der Waals surface area contributed by atoms with Gasteiger partial charge in [-0.15, -0.1) is 0 Å². The van der Waals surface area contributed by atoms with Crippen molar-refractivity contribution in [2.75, 3.05) is 13.6 Å². The van der Waals surface area contributed by atoms with Crippen molar-refractivity contribution in [3.63, 3.8) is 0 Å². The number of guanidine groups is 1. The highest BCUT2D eigenvalue weighted by Crippen LogP contribution is 2.36. The smallest absolute Gasteiger partial charge is 0.334 e. The maximum Gasteiger partial charge on any atom is 0.334 e. The Bertz CT molecular complexity index is 1930. The number of esters is 2. The molecule has 0 aromatic rings. The number of aliphatic imine (C=N–C) groups is 1. The highest BCUT2D eigenvalue weighted by Gasteiger charge is 2.50. The number of ether oxygens (including phenoxy) is 3. The fraction of sp³-hybridized carbons (Fsp3) is 0.787. The van der Waals surface area contributed by atoms with Crippen LogP contribution in [0.15, 0.2) is 64.7 Å². The quantitative estimate of drug-likeness (QED) is 0.0289. The first-order valence-electron chi connectivity index (χ1n) is 29.4. The molecule has 0 aromatic heterocycles. The Labute approximate surface area is 473 Å². The second-order valence-electron chi connectivity index (χ2n) is 23.6. The number of nitrogens with two attached hydrogens (primary N) is 1. The van der Waals surface area contributed by atoms with Gasteiger partial charge in [0.15, 0.2) is 11.7 Å².